The van der Waals surface area contributed by atoms with Crippen molar-refractivity contribution >= 4 is 0 Å². The van der Waals surface area contributed by atoms with E-state index in [1.54, 1.807) is 12.1 Å². The van der Waals surface area contributed by atoms with Gasteiger partial charge in [0, 0.05) is 0 Å². The van der Waals surface area contributed by atoms with Crippen LogP contribution < -0.4 is 5.32 Å². The number of nitrogens with one attached hydrogen (secondary N) is 1. The summed E-state index contributed by atoms with van der Waals surface area (Å²) in [6.45, 7) is 8.79. The number of halogens is 1. The summed E-state index contributed by atoms with van der Waals surface area (Å²) in [6, 6.07) is 6.91. The first kappa shape index (κ1) is 14.2. The molecule has 1 aromatic carbocycles. The third-order valence-electron chi connectivity index (χ3n) is 2.86. The van der Waals surface area contributed by atoms with E-state index in [9.17, 15) is 4.39 Å². The highest BCUT2D eigenvalue weighted by molar-refractivity contribution is 5.16. The summed E-state index contributed by atoms with van der Waals surface area (Å²) in [5.74, 6) is 1.20. The molecular formula is C15H24FN. The Hall–Kier alpha value is -0.890. The van der Waals surface area contributed by atoms with E-state index in [0.717, 1.165) is 31.5 Å². The van der Waals surface area contributed by atoms with Crippen LogP contribution in [-0.2, 0) is 6.42 Å². The van der Waals surface area contributed by atoms with Crippen LogP contribution in [0.2, 0.25) is 0 Å². The molecule has 1 N–H and O–H groups in total. The summed E-state index contributed by atoms with van der Waals surface area (Å²) in [6.07, 6.45) is 2.07. The molecule has 0 amide bonds. The van der Waals surface area contributed by atoms with Gasteiger partial charge in [0.2, 0.25) is 0 Å². The fourth-order valence-corrected chi connectivity index (χ4v) is 1.83. The molecule has 0 bridgehead atoms. The predicted molar refractivity (Wildman–Crippen MR) is 71.6 cm³/mol. The summed E-state index contributed by atoms with van der Waals surface area (Å²) >= 11 is 0. The minimum atomic E-state index is -0.131. The first-order chi connectivity index (χ1) is 8.08. The molecule has 0 radical (unpaired) electrons. The van der Waals surface area contributed by atoms with E-state index in [1.807, 2.05) is 6.07 Å². The molecule has 1 atom stereocenters. The highest BCUT2D eigenvalue weighted by Gasteiger charge is 2.03. The minimum Gasteiger partial charge on any atom is -0.316 e. The SMILES string of the molecule is CC(C)CNCC(C)CCc1cccc(F)c1. The van der Waals surface area contributed by atoms with Crippen molar-refractivity contribution < 1.29 is 4.39 Å². The van der Waals surface area contributed by atoms with E-state index in [1.165, 1.54) is 6.07 Å². The first-order valence-electron chi connectivity index (χ1n) is 6.53. The minimum absolute atomic E-state index is 0.131. The Kier molecular flexibility index (Phi) is 6.20. The smallest absolute Gasteiger partial charge is 0.123 e. The average molecular weight is 237 g/mol. The second-order valence-electron chi connectivity index (χ2n) is 5.33. The number of benzene rings is 1. The standard InChI is InChI=1S/C15H24FN/c1-12(2)10-17-11-13(3)7-8-14-5-4-6-15(16)9-14/h4-6,9,12-13,17H,7-8,10-11H2,1-3H3. The van der Waals surface area contributed by atoms with Crippen LogP contribution in [0.5, 0.6) is 0 Å². The number of aryl methyl sites for hydroxylation is 1. The van der Waals surface area contributed by atoms with Crippen molar-refractivity contribution in [3.05, 3.63) is 35.6 Å². The lowest BCUT2D eigenvalue weighted by Crippen LogP contribution is -2.25. The van der Waals surface area contributed by atoms with Crippen molar-refractivity contribution in [1.29, 1.82) is 0 Å². The van der Waals surface area contributed by atoms with Gasteiger partial charge in [-0.3, -0.25) is 0 Å². The highest BCUT2D eigenvalue weighted by atomic mass is 19.1. The van der Waals surface area contributed by atoms with Crippen molar-refractivity contribution in [3.8, 4) is 0 Å². The quantitative estimate of drug-likeness (QED) is 0.763. The van der Waals surface area contributed by atoms with E-state index in [2.05, 4.69) is 26.1 Å². The largest absolute Gasteiger partial charge is 0.316 e. The fourth-order valence-electron chi connectivity index (χ4n) is 1.83. The monoisotopic (exact) mass is 237 g/mol. The molecule has 0 aromatic heterocycles. The Labute approximate surface area is 104 Å². The van der Waals surface area contributed by atoms with Crippen LogP contribution in [0.15, 0.2) is 24.3 Å². The molecule has 0 aliphatic heterocycles. The molecule has 0 aliphatic carbocycles. The van der Waals surface area contributed by atoms with Crippen LogP contribution in [0.3, 0.4) is 0 Å². The zero-order chi connectivity index (χ0) is 12.7. The first-order valence-corrected chi connectivity index (χ1v) is 6.53. The van der Waals surface area contributed by atoms with Gasteiger partial charge >= 0.3 is 0 Å². The van der Waals surface area contributed by atoms with Gasteiger partial charge in [0.05, 0.1) is 0 Å². The number of hydrogen-bond acceptors (Lipinski definition) is 1. The van der Waals surface area contributed by atoms with E-state index in [4.69, 9.17) is 0 Å². The van der Waals surface area contributed by atoms with Gasteiger partial charge in [-0.15, -0.1) is 0 Å². The summed E-state index contributed by atoms with van der Waals surface area (Å²) in [4.78, 5) is 0. The van der Waals surface area contributed by atoms with Gasteiger partial charge in [-0.05, 0) is 55.5 Å². The summed E-state index contributed by atoms with van der Waals surface area (Å²) in [5, 5.41) is 3.46. The van der Waals surface area contributed by atoms with Crippen LogP contribution in [0, 0.1) is 17.7 Å². The van der Waals surface area contributed by atoms with Crippen molar-refractivity contribution in [1.82, 2.24) is 5.32 Å². The maximum absolute atomic E-state index is 13.0. The average Bonchev–Trinajstić information content (AvgIpc) is 2.26. The third kappa shape index (κ3) is 6.42. The van der Waals surface area contributed by atoms with Gasteiger partial charge in [0.1, 0.15) is 5.82 Å². The molecule has 0 spiro atoms. The molecule has 96 valence electrons. The van der Waals surface area contributed by atoms with Gasteiger partial charge in [-0.1, -0.05) is 32.9 Å². The van der Waals surface area contributed by atoms with E-state index < -0.39 is 0 Å². The highest BCUT2D eigenvalue weighted by Crippen LogP contribution is 2.10. The normalized spacial score (nSPS) is 13.0. The van der Waals surface area contributed by atoms with Crippen molar-refractivity contribution in [3.63, 3.8) is 0 Å². The molecule has 0 saturated carbocycles. The molecule has 17 heavy (non-hydrogen) atoms. The van der Waals surface area contributed by atoms with Crippen molar-refractivity contribution in [2.24, 2.45) is 11.8 Å². The van der Waals surface area contributed by atoms with Gasteiger partial charge in [0.15, 0.2) is 0 Å². The zero-order valence-corrected chi connectivity index (χ0v) is 11.2. The van der Waals surface area contributed by atoms with Crippen LogP contribution in [0.1, 0.15) is 32.8 Å². The van der Waals surface area contributed by atoms with Gasteiger partial charge in [-0.25, -0.2) is 4.39 Å². The predicted octanol–water partition coefficient (Wildman–Crippen LogP) is 3.64. The lowest BCUT2D eigenvalue weighted by Gasteiger charge is -2.13. The lowest BCUT2D eigenvalue weighted by molar-refractivity contribution is 0.453. The van der Waals surface area contributed by atoms with Gasteiger partial charge < -0.3 is 5.32 Å². The molecule has 0 saturated heterocycles. The van der Waals surface area contributed by atoms with E-state index in [0.29, 0.717) is 11.8 Å². The molecule has 1 rings (SSSR count). The molecule has 0 fully saturated rings. The second kappa shape index (κ2) is 7.44. The van der Waals surface area contributed by atoms with E-state index in [-0.39, 0.29) is 5.82 Å². The molecule has 0 heterocycles. The van der Waals surface area contributed by atoms with Gasteiger partial charge in [0.25, 0.3) is 0 Å². The third-order valence-corrected chi connectivity index (χ3v) is 2.86. The van der Waals surface area contributed by atoms with Gasteiger partial charge in [-0.2, -0.15) is 0 Å². The second-order valence-corrected chi connectivity index (χ2v) is 5.33. The Morgan fingerprint density at radius 1 is 1.18 bits per heavy atom. The molecule has 2 heteroatoms. The van der Waals surface area contributed by atoms with Crippen molar-refractivity contribution in [2.75, 3.05) is 13.1 Å². The number of hydrogen-bond donors (Lipinski definition) is 1. The Morgan fingerprint density at radius 3 is 2.59 bits per heavy atom. The summed E-state index contributed by atoms with van der Waals surface area (Å²) in [7, 11) is 0. The van der Waals surface area contributed by atoms with Crippen LogP contribution in [-0.4, -0.2) is 13.1 Å². The van der Waals surface area contributed by atoms with Crippen LogP contribution in [0.4, 0.5) is 4.39 Å². The molecular weight excluding hydrogens is 213 g/mol. The topological polar surface area (TPSA) is 12.0 Å². The molecule has 0 aliphatic rings. The molecule has 1 aromatic rings. The van der Waals surface area contributed by atoms with Crippen LogP contribution >= 0.6 is 0 Å². The Balaban J connectivity index is 2.21. The maximum atomic E-state index is 13.0. The summed E-state index contributed by atoms with van der Waals surface area (Å²) < 4.78 is 13.0. The maximum Gasteiger partial charge on any atom is 0.123 e. The molecule has 1 nitrogen and oxygen atoms in total. The molecule has 1 unspecified atom stereocenters. The fraction of sp³-hybridized carbons (Fsp3) is 0.600. The lowest BCUT2D eigenvalue weighted by atomic mass is 10.0. The summed E-state index contributed by atoms with van der Waals surface area (Å²) in [5.41, 5.74) is 1.10. The Bertz CT molecular complexity index is 322. The van der Waals surface area contributed by atoms with Crippen LogP contribution in [0.25, 0.3) is 0 Å². The zero-order valence-electron chi connectivity index (χ0n) is 11.2. The van der Waals surface area contributed by atoms with E-state index >= 15 is 0 Å². The Morgan fingerprint density at radius 2 is 1.94 bits per heavy atom. The van der Waals surface area contributed by atoms with Crippen molar-refractivity contribution in [2.45, 2.75) is 33.6 Å². The number of rotatable bonds is 7.